The predicted molar refractivity (Wildman–Crippen MR) is 48.6 cm³/mol. The molecule has 0 saturated carbocycles. The third kappa shape index (κ3) is 2.17. The topological polar surface area (TPSA) is 35.8 Å². The van der Waals surface area contributed by atoms with Gasteiger partial charge in [-0.15, -0.1) is 0 Å². The van der Waals surface area contributed by atoms with E-state index in [2.05, 4.69) is 17.9 Å². The van der Waals surface area contributed by atoms with E-state index in [0.29, 0.717) is 11.4 Å². The summed E-state index contributed by atoms with van der Waals surface area (Å²) in [6.07, 6.45) is 0. The fourth-order valence-electron chi connectivity index (χ4n) is 0.754. The molecule has 0 aromatic heterocycles. The fraction of sp³-hybridized carbons (Fsp3) is 0.125. The highest BCUT2D eigenvalue weighted by Gasteiger charge is 1.89. The molecule has 56 valence electrons. The summed E-state index contributed by atoms with van der Waals surface area (Å²) in [7, 11) is 0. The Morgan fingerprint density at radius 2 is 2.00 bits per heavy atom. The van der Waals surface area contributed by atoms with Crippen LogP contribution in [-0.2, 0) is 0 Å². The van der Waals surface area contributed by atoms with E-state index in [1.807, 2.05) is 18.2 Å². The number of hydrogen-bond donors (Lipinski definition) is 2. The van der Waals surface area contributed by atoms with E-state index in [9.17, 15) is 0 Å². The molecule has 11 heavy (non-hydrogen) atoms. The normalized spacial score (nSPS) is 8.73. The highest BCUT2D eigenvalue weighted by molar-refractivity contribution is 7.80. The lowest BCUT2D eigenvalue weighted by atomic mass is 10.2. The van der Waals surface area contributed by atoms with Crippen molar-refractivity contribution >= 4 is 18.3 Å². The first-order valence-corrected chi connectivity index (χ1v) is 3.85. The SMILES string of the molecule is N#Cc1ccc(NCS)cc1. The number of benzene rings is 1. The van der Waals surface area contributed by atoms with Crippen LogP contribution in [0.1, 0.15) is 5.56 Å². The zero-order valence-corrected chi connectivity index (χ0v) is 6.81. The first-order chi connectivity index (χ1) is 5.36. The van der Waals surface area contributed by atoms with Crippen LogP contribution in [-0.4, -0.2) is 5.88 Å². The smallest absolute Gasteiger partial charge is 0.0991 e. The van der Waals surface area contributed by atoms with Crippen molar-refractivity contribution in [2.75, 3.05) is 11.2 Å². The highest BCUT2D eigenvalue weighted by atomic mass is 32.1. The van der Waals surface area contributed by atoms with Crippen molar-refractivity contribution < 1.29 is 0 Å². The summed E-state index contributed by atoms with van der Waals surface area (Å²) in [5, 5.41) is 11.5. The molecule has 0 bridgehead atoms. The molecule has 1 aromatic rings. The molecule has 0 unspecified atom stereocenters. The van der Waals surface area contributed by atoms with Crippen molar-refractivity contribution in [3.63, 3.8) is 0 Å². The first kappa shape index (κ1) is 7.96. The van der Waals surface area contributed by atoms with Crippen LogP contribution in [0.4, 0.5) is 5.69 Å². The van der Waals surface area contributed by atoms with Gasteiger partial charge in [-0.2, -0.15) is 17.9 Å². The molecule has 0 aliphatic rings. The Balaban J connectivity index is 2.76. The van der Waals surface area contributed by atoms with Crippen LogP contribution in [0.15, 0.2) is 24.3 Å². The van der Waals surface area contributed by atoms with Gasteiger partial charge in [0.05, 0.1) is 17.5 Å². The van der Waals surface area contributed by atoms with Gasteiger partial charge in [0.2, 0.25) is 0 Å². The molecule has 0 heterocycles. The Hall–Kier alpha value is -1.14. The lowest BCUT2D eigenvalue weighted by Crippen LogP contribution is -1.93. The standard InChI is InChI=1S/C8H8N2S/c9-5-7-1-3-8(4-2-7)10-6-11/h1-4,10-11H,6H2. The van der Waals surface area contributed by atoms with Crippen molar-refractivity contribution in [2.45, 2.75) is 0 Å². The summed E-state index contributed by atoms with van der Waals surface area (Å²) >= 11 is 4.00. The van der Waals surface area contributed by atoms with Crippen molar-refractivity contribution in [3.8, 4) is 6.07 Å². The maximum absolute atomic E-state index is 8.47. The summed E-state index contributed by atoms with van der Waals surface area (Å²) in [6.45, 7) is 0. The van der Waals surface area contributed by atoms with Crippen molar-refractivity contribution in [1.29, 1.82) is 5.26 Å². The van der Waals surface area contributed by atoms with Crippen LogP contribution in [0.5, 0.6) is 0 Å². The molecule has 1 N–H and O–H groups in total. The van der Waals surface area contributed by atoms with Gasteiger partial charge in [0.15, 0.2) is 0 Å². The van der Waals surface area contributed by atoms with Gasteiger partial charge in [-0.25, -0.2) is 0 Å². The lowest BCUT2D eigenvalue weighted by Gasteiger charge is -2.00. The fourth-order valence-corrected chi connectivity index (χ4v) is 0.936. The molecule has 1 aromatic carbocycles. The lowest BCUT2D eigenvalue weighted by molar-refractivity contribution is 1.44. The molecule has 3 heteroatoms. The van der Waals surface area contributed by atoms with Gasteiger partial charge in [0.25, 0.3) is 0 Å². The second-order valence-electron chi connectivity index (χ2n) is 2.02. The zero-order chi connectivity index (χ0) is 8.10. The summed E-state index contributed by atoms with van der Waals surface area (Å²) in [4.78, 5) is 0. The number of nitrogens with zero attached hydrogens (tertiary/aromatic N) is 1. The molecule has 0 atom stereocenters. The third-order valence-corrected chi connectivity index (χ3v) is 1.46. The number of anilines is 1. The molecule has 1 rings (SSSR count). The Kier molecular flexibility index (Phi) is 2.82. The van der Waals surface area contributed by atoms with Gasteiger partial charge in [-0.1, -0.05) is 0 Å². The molecular formula is C8H8N2S. The van der Waals surface area contributed by atoms with E-state index in [-0.39, 0.29) is 0 Å². The second-order valence-corrected chi connectivity index (χ2v) is 2.34. The quantitative estimate of drug-likeness (QED) is 0.517. The van der Waals surface area contributed by atoms with Gasteiger partial charge < -0.3 is 5.32 Å². The maximum atomic E-state index is 8.47. The van der Waals surface area contributed by atoms with Gasteiger partial charge in [0.1, 0.15) is 0 Å². The Bertz CT molecular complexity index is 260. The molecule has 0 aliphatic heterocycles. The molecule has 2 nitrogen and oxygen atoms in total. The summed E-state index contributed by atoms with van der Waals surface area (Å²) in [5.41, 5.74) is 1.66. The van der Waals surface area contributed by atoms with Gasteiger partial charge in [0, 0.05) is 5.69 Å². The van der Waals surface area contributed by atoms with Crippen LogP contribution < -0.4 is 5.32 Å². The first-order valence-electron chi connectivity index (χ1n) is 3.21. The molecule has 0 fully saturated rings. The average molecular weight is 164 g/mol. The van der Waals surface area contributed by atoms with E-state index in [0.717, 1.165) is 5.69 Å². The second kappa shape index (κ2) is 3.89. The van der Waals surface area contributed by atoms with E-state index < -0.39 is 0 Å². The Morgan fingerprint density at radius 1 is 1.36 bits per heavy atom. The van der Waals surface area contributed by atoms with E-state index >= 15 is 0 Å². The van der Waals surface area contributed by atoms with Gasteiger partial charge in [-0.05, 0) is 24.3 Å². The van der Waals surface area contributed by atoms with Crippen LogP contribution >= 0.6 is 12.6 Å². The van der Waals surface area contributed by atoms with Gasteiger partial charge >= 0.3 is 0 Å². The number of hydrogen-bond acceptors (Lipinski definition) is 3. The zero-order valence-electron chi connectivity index (χ0n) is 5.91. The molecule has 0 radical (unpaired) electrons. The van der Waals surface area contributed by atoms with Crippen molar-refractivity contribution in [3.05, 3.63) is 29.8 Å². The number of thiol groups is 1. The maximum Gasteiger partial charge on any atom is 0.0991 e. The predicted octanol–water partition coefficient (Wildman–Crippen LogP) is 1.86. The summed E-state index contributed by atoms with van der Waals surface area (Å²) in [6, 6.07) is 9.30. The molecule has 0 aliphatic carbocycles. The van der Waals surface area contributed by atoms with E-state index in [1.54, 1.807) is 12.1 Å². The monoisotopic (exact) mass is 164 g/mol. The van der Waals surface area contributed by atoms with Crippen molar-refractivity contribution in [1.82, 2.24) is 0 Å². The van der Waals surface area contributed by atoms with Crippen LogP contribution in [0.25, 0.3) is 0 Å². The number of nitrogens with one attached hydrogen (secondary N) is 1. The van der Waals surface area contributed by atoms with Crippen molar-refractivity contribution in [2.24, 2.45) is 0 Å². The summed E-state index contributed by atoms with van der Waals surface area (Å²) < 4.78 is 0. The highest BCUT2D eigenvalue weighted by Crippen LogP contribution is 2.07. The van der Waals surface area contributed by atoms with Crippen LogP contribution in [0.3, 0.4) is 0 Å². The third-order valence-electron chi connectivity index (χ3n) is 1.30. The molecule has 0 saturated heterocycles. The molecular weight excluding hydrogens is 156 g/mol. The molecule has 0 spiro atoms. The van der Waals surface area contributed by atoms with Gasteiger partial charge in [-0.3, -0.25) is 0 Å². The minimum Gasteiger partial charge on any atom is -0.376 e. The average Bonchev–Trinajstić information content (AvgIpc) is 2.07. The van der Waals surface area contributed by atoms with E-state index in [4.69, 9.17) is 5.26 Å². The van der Waals surface area contributed by atoms with E-state index in [1.165, 1.54) is 0 Å². The largest absolute Gasteiger partial charge is 0.376 e. The Morgan fingerprint density at radius 3 is 2.45 bits per heavy atom. The molecule has 0 amide bonds. The van der Waals surface area contributed by atoms with Crippen LogP contribution in [0, 0.1) is 11.3 Å². The summed E-state index contributed by atoms with van der Waals surface area (Å²) in [5.74, 6) is 0.603. The number of rotatable bonds is 2. The Labute approximate surface area is 71.3 Å². The minimum absolute atomic E-state index is 0.603. The van der Waals surface area contributed by atoms with Crippen LogP contribution in [0.2, 0.25) is 0 Å². The number of nitriles is 1. The minimum atomic E-state index is 0.603.